The van der Waals surface area contributed by atoms with Crippen molar-refractivity contribution in [1.82, 2.24) is 0 Å². The summed E-state index contributed by atoms with van der Waals surface area (Å²) in [6, 6.07) is 3.26. The van der Waals surface area contributed by atoms with Crippen LogP contribution in [0.4, 0.5) is 0 Å². The fraction of sp³-hybridized carbons (Fsp3) is 0.429. The number of hydrogen-bond donors (Lipinski definition) is 0. The Morgan fingerprint density at radius 1 is 1.09 bits per heavy atom. The Bertz CT molecular complexity index is 603. The van der Waals surface area contributed by atoms with Crippen molar-refractivity contribution in [2.75, 3.05) is 6.79 Å². The van der Waals surface area contributed by atoms with Crippen LogP contribution in [0, 0.1) is 11.8 Å². The zero-order chi connectivity index (χ0) is 14.4. The summed E-state index contributed by atoms with van der Waals surface area (Å²) >= 11 is 0. The van der Waals surface area contributed by atoms with Crippen molar-refractivity contribution in [3.05, 3.63) is 23.3 Å². The first-order chi connectivity index (χ1) is 9.49. The van der Waals surface area contributed by atoms with Crippen molar-refractivity contribution < 1.29 is 88.4 Å². The van der Waals surface area contributed by atoms with Gasteiger partial charge >= 0.3 is 59.1 Å². The summed E-state index contributed by atoms with van der Waals surface area (Å²) in [5, 5.41) is 22.7. The van der Waals surface area contributed by atoms with E-state index >= 15 is 0 Å². The minimum absolute atomic E-state index is 0. The first-order valence-corrected chi connectivity index (χ1v) is 6.33. The van der Waals surface area contributed by atoms with E-state index in [1.54, 1.807) is 19.1 Å². The molecular formula is C14H12Na2O6. The maximum absolute atomic E-state index is 11.4. The monoisotopic (exact) mass is 322 g/mol. The number of carboxylic acids is 2. The van der Waals surface area contributed by atoms with Gasteiger partial charge in [-0.1, -0.05) is 6.92 Å². The molecule has 6 nitrogen and oxygen atoms in total. The molecule has 3 rings (SSSR count). The Morgan fingerprint density at radius 2 is 1.68 bits per heavy atom. The summed E-state index contributed by atoms with van der Waals surface area (Å²) < 4.78 is 10.5. The Kier molecular flexibility index (Phi) is 6.80. The van der Waals surface area contributed by atoms with Crippen molar-refractivity contribution in [2.45, 2.75) is 19.3 Å². The number of aliphatic carboxylic acids is 2. The molecule has 8 heteroatoms. The average molecular weight is 322 g/mol. The van der Waals surface area contributed by atoms with Gasteiger partial charge in [0.2, 0.25) is 6.79 Å². The van der Waals surface area contributed by atoms with E-state index in [9.17, 15) is 19.8 Å². The van der Waals surface area contributed by atoms with Crippen LogP contribution in [-0.2, 0) is 16.0 Å². The molecule has 1 aromatic rings. The predicted octanol–water partition coefficient (Wildman–Crippen LogP) is -7.18. The normalized spacial score (nSPS) is 24.5. The fourth-order valence-corrected chi connectivity index (χ4v) is 3.10. The molecule has 106 valence electrons. The van der Waals surface area contributed by atoms with Gasteiger partial charge in [0.15, 0.2) is 11.5 Å². The number of rotatable bonds is 2. The van der Waals surface area contributed by atoms with E-state index in [2.05, 4.69) is 0 Å². The summed E-state index contributed by atoms with van der Waals surface area (Å²) in [6.07, 6.45) is 0.453. The molecule has 1 aliphatic carbocycles. The van der Waals surface area contributed by atoms with E-state index in [4.69, 9.17) is 9.47 Å². The molecule has 2 aliphatic rings. The fourth-order valence-electron chi connectivity index (χ4n) is 3.10. The maximum atomic E-state index is 11.4. The second kappa shape index (κ2) is 7.55. The second-order valence-electron chi connectivity index (χ2n) is 5.23. The molecule has 3 atom stereocenters. The molecule has 0 bridgehead atoms. The first-order valence-electron chi connectivity index (χ1n) is 6.33. The van der Waals surface area contributed by atoms with E-state index in [0.29, 0.717) is 23.5 Å². The molecule has 0 saturated carbocycles. The second-order valence-corrected chi connectivity index (χ2v) is 5.23. The van der Waals surface area contributed by atoms with Crippen molar-refractivity contribution in [2.24, 2.45) is 11.8 Å². The first kappa shape index (κ1) is 19.8. The van der Waals surface area contributed by atoms with E-state index in [1.165, 1.54) is 0 Å². The zero-order valence-corrected chi connectivity index (χ0v) is 16.8. The van der Waals surface area contributed by atoms with Crippen LogP contribution >= 0.6 is 0 Å². The van der Waals surface area contributed by atoms with Gasteiger partial charge in [0, 0.05) is 23.8 Å². The molecule has 0 radical (unpaired) electrons. The van der Waals surface area contributed by atoms with Crippen molar-refractivity contribution >= 4 is 11.9 Å². The molecule has 0 aromatic heterocycles. The minimum Gasteiger partial charge on any atom is -0.550 e. The van der Waals surface area contributed by atoms with E-state index < -0.39 is 23.8 Å². The Morgan fingerprint density at radius 3 is 2.23 bits per heavy atom. The number of carboxylic acid groups (broad SMARTS) is 2. The summed E-state index contributed by atoms with van der Waals surface area (Å²) in [4.78, 5) is 22.7. The smallest absolute Gasteiger partial charge is 0.550 e. The van der Waals surface area contributed by atoms with Crippen LogP contribution in [0.25, 0.3) is 0 Å². The molecule has 0 spiro atoms. The standard InChI is InChI=1S/C14H14O6.2Na/c1-6-2-7-3-9-10(20-5-19-9)4-8(7)12(14(17)18)11(6)13(15)16;;/h3-4,6,11-12H,2,5H2,1H3,(H,15,16)(H,17,18);;/q;2*+1/p-2. The van der Waals surface area contributed by atoms with Crippen molar-refractivity contribution in [3.8, 4) is 11.5 Å². The van der Waals surface area contributed by atoms with Gasteiger partial charge in [0.25, 0.3) is 0 Å². The molecule has 0 saturated heterocycles. The van der Waals surface area contributed by atoms with Gasteiger partial charge in [-0.15, -0.1) is 0 Å². The van der Waals surface area contributed by atoms with E-state index in [-0.39, 0.29) is 71.8 Å². The number of ether oxygens (including phenoxy) is 2. The average Bonchev–Trinajstić information content (AvgIpc) is 2.80. The van der Waals surface area contributed by atoms with Crippen molar-refractivity contribution in [3.63, 3.8) is 0 Å². The Hall–Kier alpha value is -0.240. The van der Waals surface area contributed by atoms with Gasteiger partial charge in [-0.3, -0.25) is 0 Å². The third-order valence-electron chi connectivity index (χ3n) is 4.01. The molecule has 0 amide bonds. The molecule has 22 heavy (non-hydrogen) atoms. The summed E-state index contributed by atoms with van der Waals surface area (Å²) in [5.41, 5.74) is 1.18. The number of carbonyl (C=O) groups excluding carboxylic acids is 2. The van der Waals surface area contributed by atoms with Crippen molar-refractivity contribution in [1.29, 1.82) is 0 Å². The SMILES string of the molecule is CC1Cc2cc3c(cc2C(C(=O)[O-])C1C(=O)[O-])OCO3.[Na+].[Na+]. The minimum atomic E-state index is -1.41. The zero-order valence-electron chi connectivity index (χ0n) is 12.8. The van der Waals surface area contributed by atoms with Gasteiger partial charge in [-0.2, -0.15) is 0 Å². The quantitative estimate of drug-likeness (QED) is 0.502. The number of carbonyl (C=O) groups is 2. The molecule has 3 unspecified atom stereocenters. The number of hydrogen-bond acceptors (Lipinski definition) is 6. The van der Waals surface area contributed by atoms with Crippen LogP contribution in [0.3, 0.4) is 0 Å². The summed E-state index contributed by atoms with van der Waals surface area (Å²) in [6.45, 7) is 1.78. The van der Waals surface area contributed by atoms with E-state index in [0.717, 1.165) is 5.56 Å². The van der Waals surface area contributed by atoms with Crippen LogP contribution in [0.5, 0.6) is 11.5 Å². The van der Waals surface area contributed by atoms with Gasteiger partial charge in [0.1, 0.15) is 0 Å². The predicted molar refractivity (Wildman–Crippen MR) is 61.7 cm³/mol. The van der Waals surface area contributed by atoms with Crippen LogP contribution in [0.2, 0.25) is 0 Å². The van der Waals surface area contributed by atoms with Gasteiger partial charge in [-0.25, -0.2) is 0 Å². The molecule has 1 aromatic carbocycles. The summed E-state index contributed by atoms with van der Waals surface area (Å²) in [5.74, 6) is -4.47. The van der Waals surface area contributed by atoms with Gasteiger partial charge in [-0.05, 0) is 35.6 Å². The number of fused-ring (bicyclic) bond motifs is 2. The van der Waals surface area contributed by atoms with Crippen LogP contribution in [0.1, 0.15) is 24.0 Å². The third-order valence-corrected chi connectivity index (χ3v) is 4.01. The molecule has 1 aliphatic heterocycles. The molecule has 0 N–H and O–H groups in total. The topological polar surface area (TPSA) is 98.7 Å². The van der Waals surface area contributed by atoms with Crippen LogP contribution in [0.15, 0.2) is 12.1 Å². The molecule has 1 heterocycles. The number of benzene rings is 1. The van der Waals surface area contributed by atoms with Gasteiger partial charge in [0.05, 0.1) is 0 Å². The van der Waals surface area contributed by atoms with Crippen LogP contribution in [-0.4, -0.2) is 18.7 Å². The van der Waals surface area contributed by atoms with Crippen LogP contribution < -0.4 is 78.8 Å². The Balaban J connectivity index is 0.00000121. The molecule has 0 fully saturated rings. The molecular weight excluding hydrogens is 310 g/mol. The third kappa shape index (κ3) is 3.32. The maximum Gasteiger partial charge on any atom is 1.00 e. The Labute approximate surface area is 171 Å². The largest absolute Gasteiger partial charge is 1.00 e. The van der Waals surface area contributed by atoms with E-state index in [1.807, 2.05) is 0 Å². The van der Waals surface area contributed by atoms with Gasteiger partial charge < -0.3 is 29.3 Å². The summed E-state index contributed by atoms with van der Waals surface area (Å²) in [7, 11) is 0.